The van der Waals surface area contributed by atoms with E-state index in [0.29, 0.717) is 0 Å². The van der Waals surface area contributed by atoms with Gasteiger partial charge in [-0.15, -0.1) is 0 Å². The number of rotatable bonds is 3. The minimum absolute atomic E-state index is 0.827. The smallest absolute Gasteiger partial charge is 0.161 e. The topological polar surface area (TPSA) is 37.8 Å². The number of nitrogens with zero attached hydrogens (tertiary/aromatic N) is 2. The van der Waals surface area contributed by atoms with Gasteiger partial charge < -0.3 is 5.32 Å². The number of aromatic nitrogens is 2. The van der Waals surface area contributed by atoms with E-state index in [4.69, 9.17) is 0 Å². The van der Waals surface area contributed by atoms with E-state index in [1.54, 1.807) is 6.20 Å². The van der Waals surface area contributed by atoms with Crippen LogP contribution in [0.3, 0.4) is 0 Å². The van der Waals surface area contributed by atoms with Gasteiger partial charge in [0, 0.05) is 30.0 Å². The average Bonchev–Trinajstić information content (AvgIpc) is 2.28. The fourth-order valence-electron chi connectivity index (χ4n) is 1.68. The first kappa shape index (κ1) is 9.90. The first-order valence-corrected chi connectivity index (χ1v) is 5.27. The molecular weight excluding hydrogens is 186 g/mol. The van der Waals surface area contributed by atoms with E-state index in [-0.39, 0.29) is 0 Å². The van der Waals surface area contributed by atoms with E-state index in [1.807, 2.05) is 13.1 Å². The van der Waals surface area contributed by atoms with Crippen molar-refractivity contribution in [2.45, 2.75) is 19.8 Å². The van der Waals surface area contributed by atoms with Crippen LogP contribution in [0.15, 0.2) is 24.4 Å². The molecule has 0 atom stereocenters. The molecule has 2 rings (SSSR count). The van der Waals surface area contributed by atoms with Crippen molar-refractivity contribution < 1.29 is 0 Å². The molecule has 0 amide bonds. The van der Waals surface area contributed by atoms with Gasteiger partial charge in [0.2, 0.25) is 0 Å². The van der Waals surface area contributed by atoms with Gasteiger partial charge in [0.25, 0.3) is 0 Å². The van der Waals surface area contributed by atoms with Crippen LogP contribution in [0.5, 0.6) is 0 Å². The average molecular weight is 201 g/mol. The number of hydrogen-bond donors (Lipinski definition) is 1. The van der Waals surface area contributed by atoms with Gasteiger partial charge in [-0.25, -0.2) is 9.97 Å². The summed E-state index contributed by atoms with van der Waals surface area (Å²) in [4.78, 5) is 8.80. The Kier molecular flexibility index (Phi) is 2.81. The number of pyridine rings is 2. The highest BCUT2D eigenvalue weighted by Crippen LogP contribution is 2.19. The molecule has 0 saturated heterocycles. The van der Waals surface area contributed by atoms with Crippen molar-refractivity contribution in [2.75, 3.05) is 12.4 Å². The lowest BCUT2D eigenvalue weighted by molar-refractivity contribution is 0.887. The summed E-state index contributed by atoms with van der Waals surface area (Å²) in [6.45, 7) is 2.16. The van der Waals surface area contributed by atoms with Crippen molar-refractivity contribution >= 4 is 16.7 Å². The van der Waals surface area contributed by atoms with Gasteiger partial charge in [-0.3, -0.25) is 0 Å². The molecule has 0 aliphatic carbocycles. The Morgan fingerprint density at radius 2 is 2.13 bits per heavy atom. The Labute approximate surface area is 89.6 Å². The lowest BCUT2D eigenvalue weighted by Crippen LogP contribution is -1.95. The third kappa shape index (κ3) is 1.91. The predicted octanol–water partition coefficient (Wildman–Crippen LogP) is 2.62. The summed E-state index contributed by atoms with van der Waals surface area (Å²) >= 11 is 0. The molecule has 0 aromatic carbocycles. The van der Waals surface area contributed by atoms with Gasteiger partial charge in [-0.2, -0.15) is 0 Å². The molecule has 3 heteroatoms. The molecule has 0 fully saturated rings. The van der Waals surface area contributed by atoms with Crippen LogP contribution in [0.25, 0.3) is 11.0 Å². The van der Waals surface area contributed by atoms with Crippen LogP contribution < -0.4 is 5.32 Å². The maximum atomic E-state index is 4.52. The molecular formula is C12H15N3. The van der Waals surface area contributed by atoms with Crippen molar-refractivity contribution in [3.8, 4) is 0 Å². The molecule has 0 aliphatic heterocycles. The molecule has 2 heterocycles. The zero-order valence-corrected chi connectivity index (χ0v) is 9.12. The molecule has 1 N–H and O–H groups in total. The van der Waals surface area contributed by atoms with Gasteiger partial charge in [-0.1, -0.05) is 13.3 Å². The van der Waals surface area contributed by atoms with Crippen molar-refractivity contribution in [2.24, 2.45) is 0 Å². The summed E-state index contributed by atoms with van der Waals surface area (Å²) in [6.07, 6.45) is 3.92. The molecule has 15 heavy (non-hydrogen) atoms. The number of aryl methyl sites for hydroxylation is 1. The quantitative estimate of drug-likeness (QED) is 0.829. The second-order valence-electron chi connectivity index (χ2n) is 3.53. The van der Waals surface area contributed by atoms with Crippen LogP contribution in [0, 0.1) is 0 Å². The maximum absolute atomic E-state index is 4.52. The summed E-state index contributed by atoms with van der Waals surface area (Å²) in [6, 6.07) is 6.13. The second kappa shape index (κ2) is 4.26. The lowest BCUT2D eigenvalue weighted by Gasteiger charge is -2.05. The molecule has 3 nitrogen and oxygen atoms in total. The summed E-state index contributed by atoms with van der Waals surface area (Å²) < 4.78 is 0. The summed E-state index contributed by atoms with van der Waals surface area (Å²) in [7, 11) is 1.91. The number of hydrogen-bond acceptors (Lipinski definition) is 3. The van der Waals surface area contributed by atoms with Crippen LogP contribution in [-0.2, 0) is 6.42 Å². The molecule has 0 radical (unpaired) electrons. The van der Waals surface area contributed by atoms with Gasteiger partial charge >= 0.3 is 0 Å². The molecule has 0 bridgehead atoms. The first-order chi connectivity index (χ1) is 7.35. The minimum Gasteiger partial charge on any atom is -0.387 e. The third-order valence-corrected chi connectivity index (χ3v) is 2.44. The van der Waals surface area contributed by atoms with Gasteiger partial charge in [0.1, 0.15) is 0 Å². The Hall–Kier alpha value is -1.64. The van der Waals surface area contributed by atoms with Crippen LogP contribution in [-0.4, -0.2) is 17.0 Å². The van der Waals surface area contributed by atoms with Crippen LogP contribution in [0.1, 0.15) is 19.0 Å². The largest absolute Gasteiger partial charge is 0.387 e. The van der Waals surface area contributed by atoms with E-state index in [0.717, 1.165) is 35.3 Å². The van der Waals surface area contributed by atoms with Gasteiger partial charge in [0.05, 0.1) is 0 Å². The highest BCUT2D eigenvalue weighted by Gasteiger charge is 2.02. The van der Waals surface area contributed by atoms with Crippen molar-refractivity contribution in [1.29, 1.82) is 0 Å². The number of anilines is 1. The standard InChI is InChI=1S/C12H15N3/c1-3-4-9-5-6-10-11(13-2)7-8-14-12(10)15-9/h5-8H,3-4H2,1-2H3,(H,13,14,15). The molecule has 0 saturated carbocycles. The Morgan fingerprint density at radius 1 is 1.27 bits per heavy atom. The molecule has 0 aliphatic rings. The van der Waals surface area contributed by atoms with Gasteiger partial charge in [0.15, 0.2) is 5.65 Å². The van der Waals surface area contributed by atoms with E-state index in [2.05, 4.69) is 34.3 Å². The lowest BCUT2D eigenvalue weighted by atomic mass is 10.2. The first-order valence-electron chi connectivity index (χ1n) is 5.27. The number of fused-ring (bicyclic) bond motifs is 1. The van der Waals surface area contributed by atoms with Crippen LogP contribution >= 0.6 is 0 Å². The maximum Gasteiger partial charge on any atom is 0.161 e. The zero-order chi connectivity index (χ0) is 10.7. The number of nitrogens with one attached hydrogen (secondary N) is 1. The Balaban J connectivity index is 2.53. The fraction of sp³-hybridized carbons (Fsp3) is 0.333. The van der Waals surface area contributed by atoms with Crippen molar-refractivity contribution in [3.63, 3.8) is 0 Å². The van der Waals surface area contributed by atoms with Gasteiger partial charge in [-0.05, 0) is 24.6 Å². The fourth-order valence-corrected chi connectivity index (χ4v) is 1.68. The normalized spacial score (nSPS) is 10.5. The summed E-state index contributed by atoms with van der Waals surface area (Å²) in [5, 5.41) is 4.22. The summed E-state index contributed by atoms with van der Waals surface area (Å²) in [5.41, 5.74) is 3.02. The predicted molar refractivity (Wildman–Crippen MR) is 63.1 cm³/mol. The van der Waals surface area contributed by atoms with E-state index < -0.39 is 0 Å². The monoisotopic (exact) mass is 201 g/mol. The second-order valence-corrected chi connectivity index (χ2v) is 3.53. The molecule has 78 valence electrons. The van der Waals surface area contributed by atoms with E-state index in [9.17, 15) is 0 Å². The Bertz CT molecular complexity index is 465. The van der Waals surface area contributed by atoms with Crippen molar-refractivity contribution in [3.05, 3.63) is 30.1 Å². The summed E-state index contributed by atoms with van der Waals surface area (Å²) in [5.74, 6) is 0. The van der Waals surface area contributed by atoms with Crippen LogP contribution in [0.4, 0.5) is 5.69 Å². The molecule has 2 aromatic rings. The molecule has 2 aromatic heterocycles. The third-order valence-electron chi connectivity index (χ3n) is 2.44. The highest BCUT2D eigenvalue weighted by molar-refractivity contribution is 5.88. The SMILES string of the molecule is CCCc1ccc2c(NC)ccnc2n1. The molecule has 0 spiro atoms. The minimum atomic E-state index is 0.827. The Morgan fingerprint density at radius 3 is 2.87 bits per heavy atom. The zero-order valence-electron chi connectivity index (χ0n) is 9.12. The van der Waals surface area contributed by atoms with Crippen LogP contribution in [0.2, 0.25) is 0 Å². The molecule has 0 unspecified atom stereocenters. The van der Waals surface area contributed by atoms with E-state index in [1.165, 1.54) is 0 Å². The van der Waals surface area contributed by atoms with Crippen molar-refractivity contribution in [1.82, 2.24) is 9.97 Å². The highest BCUT2D eigenvalue weighted by atomic mass is 14.9. The van der Waals surface area contributed by atoms with E-state index >= 15 is 0 Å².